The second kappa shape index (κ2) is 6.71. The molecular formula is C13H15N3O2S2. The Morgan fingerprint density at radius 2 is 2.05 bits per heavy atom. The maximum Gasteiger partial charge on any atom is 0.304 e. The summed E-state index contributed by atoms with van der Waals surface area (Å²) in [5.74, 6) is -0.816. The van der Waals surface area contributed by atoms with Crippen molar-refractivity contribution < 1.29 is 9.90 Å². The predicted molar refractivity (Wildman–Crippen MR) is 81.5 cm³/mol. The summed E-state index contributed by atoms with van der Waals surface area (Å²) in [4.78, 5) is 12.9. The molecule has 0 fully saturated rings. The van der Waals surface area contributed by atoms with Crippen LogP contribution in [0.15, 0.2) is 34.7 Å². The van der Waals surface area contributed by atoms with Crippen LogP contribution in [-0.4, -0.2) is 35.4 Å². The zero-order valence-corrected chi connectivity index (χ0v) is 12.8. The number of carbonyl (C=O) groups is 1. The molecule has 0 aliphatic carbocycles. The van der Waals surface area contributed by atoms with E-state index in [2.05, 4.69) is 10.2 Å². The Bertz CT molecular complexity index is 572. The summed E-state index contributed by atoms with van der Waals surface area (Å²) in [7, 11) is 3.81. The maximum atomic E-state index is 11.0. The van der Waals surface area contributed by atoms with Crippen LogP contribution in [0.2, 0.25) is 0 Å². The van der Waals surface area contributed by atoms with E-state index < -0.39 is 5.97 Å². The maximum absolute atomic E-state index is 11.0. The summed E-state index contributed by atoms with van der Waals surface area (Å²) in [6, 6.07) is 9.62. The number of carboxylic acids is 1. The van der Waals surface area contributed by atoms with Crippen LogP contribution in [-0.2, 0) is 4.79 Å². The second-order valence-electron chi connectivity index (χ2n) is 4.36. The largest absolute Gasteiger partial charge is 0.481 e. The van der Waals surface area contributed by atoms with Gasteiger partial charge < -0.3 is 10.0 Å². The molecule has 0 amide bonds. The third-order valence-corrected chi connectivity index (χ3v) is 4.98. The molecule has 2 rings (SSSR count). The van der Waals surface area contributed by atoms with Gasteiger partial charge in [0.2, 0.25) is 5.13 Å². The van der Waals surface area contributed by atoms with Gasteiger partial charge in [0.05, 0.1) is 6.42 Å². The molecule has 2 aromatic rings. The number of hydrogen-bond acceptors (Lipinski definition) is 6. The Labute approximate surface area is 125 Å². The lowest BCUT2D eigenvalue weighted by molar-refractivity contribution is -0.137. The molecule has 1 aromatic heterocycles. The molecule has 0 saturated carbocycles. The van der Waals surface area contributed by atoms with Gasteiger partial charge in [-0.15, -0.1) is 10.2 Å². The molecule has 1 heterocycles. The first-order valence-corrected chi connectivity index (χ1v) is 7.70. The Morgan fingerprint density at radius 1 is 1.35 bits per heavy atom. The van der Waals surface area contributed by atoms with Crippen LogP contribution in [0.1, 0.15) is 17.2 Å². The van der Waals surface area contributed by atoms with Gasteiger partial charge in [0, 0.05) is 19.3 Å². The Kier molecular flexibility index (Phi) is 4.97. The molecule has 1 aromatic carbocycles. The molecule has 1 N–H and O–H groups in total. The van der Waals surface area contributed by atoms with Crippen molar-refractivity contribution in [2.75, 3.05) is 19.0 Å². The highest BCUT2D eigenvalue weighted by atomic mass is 32.2. The van der Waals surface area contributed by atoms with E-state index >= 15 is 0 Å². The van der Waals surface area contributed by atoms with Crippen LogP contribution in [0.5, 0.6) is 0 Å². The van der Waals surface area contributed by atoms with Gasteiger partial charge >= 0.3 is 5.97 Å². The monoisotopic (exact) mass is 309 g/mol. The molecule has 20 heavy (non-hydrogen) atoms. The van der Waals surface area contributed by atoms with Gasteiger partial charge in [-0.1, -0.05) is 53.4 Å². The number of thioether (sulfide) groups is 1. The average Bonchev–Trinajstić information content (AvgIpc) is 2.87. The Balaban J connectivity index is 2.17. The van der Waals surface area contributed by atoms with Crippen molar-refractivity contribution in [2.24, 2.45) is 0 Å². The van der Waals surface area contributed by atoms with Crippen molar-refractivity contribution in [1.82, 2.24) is 10.2 Å². The molecule has 0 aliphatic heterocycles. The van der Waals surface area contributed by atoms with Gasteiger partial charge in [0.15, 0.2) is 4.34 Å². The molecule has 0 aliphatic rings. The van der Waals surface area contributed by atoms with E-state index in [4.69, 9.17) is 5.11 Å². The Hall–Kier alpha value is -1.60. The van der Waals surface area contributed by atoms with E-state index in [-0.39, 0.29) is 11.7 Å². The highest BCUT2D eigenvalue weighted by molar-refractivity contribution is 8.01. The summed E-state index contributed by atoms with van der Waals surface area (Å²) in [6.45, 7) is 0. The molecule has 1 unspecified atom stereocenters. The molecule has 1 atom stereocenters. The first kappa shape index (κ1) is 14.8. The normalized spacial score (nSPS) is 12.1. The van der Waals surface area contributed by atoms with Crippen molar-refractivity contribution in [3.63, 3.8) is 0 Å². The fraction of sp³-hybridized carbons (Fsp3) is 0.308. The third-order valence-electron chi connectivity index (χ3n) is 2.55. The van der Waals surface area contributed by atoms with Crippen molar-refractivity contribution in [2.45, 2.75) is 16.0 Å². The lowest BCUT2D eigenvalue weighted by atomic mass is 10.1. The average molecular weight is 309 g/mol. The first-order valence-electron chi connectivity index (χ1n) is 6.00. The van der Waals surface area contributed by atoms with Gasteiger partial charge in [-0.05, 0) is 5.56 Å². The van der Waals surface area contributed by atoms with Crippen LogP contribution < -0.4 is 4.90 Å². The minimum Gasteiger partial charge on any atom is -0.481 e. The van der Waals surface area contributed by atoms with Crippen LogP contribution in [0.25, 0.3) is 0 Å². The van der Waals surface area contributed by atoms with Gasteiger partial charge in [0.1, 0.15) is 0 Å². The summed E-state index contributed by atoms with van der Waals surface area (Å²) in [5, 5.41) is 17.9. The quantitative estimate of drug-likeness (QED) is 0.828. The summed E-state index contributed by atoms with van der Waals surface area (Å²) < 4.78 is 0.781. The molecular weight excluding hydrogens is 294 g/mol. The van der Waals surface area contributed by atoms with Crippen LogP contribution in [0.3, 0.4) is 0 Å². The minimum absolute atomic E-state index is 0.0611. The molecule has 5 nitrogen and oxygen atoms in total. The van der Waals surface area contributed by atoms with Crippen LogP contribution >= 0.6 is 23.1 Å². The number of carboxylic acid groups (broad SMARTS) is 1. The van der Waals surface area contributed by atoms with Crippen LogP contribution in [0.4, 0.5) is 5.13 Å². The molecule has 106 valence electrons. The highest BCUT2D eigenvalue weighted by Gasteiger charge is 2.19. The van der Waals surface area contributed by atoms with E-state index in [1.807, 2.05) is 49.3 Å². The van der Waals surface area contributed by atoms with Crippen molar-refractivity contribution in [3.8, 4) is 0 Å². The number of hydrogen-bond donors (Lipinski definition) is 1. The van der Waals surface area contributed by atoms with E-state index in [1.165, 1.54) is 23.1 Å². The minimum atomic E-state index is -0.816. The fourth-order valence-corrected chi connectivity index (χ4v) is 3.72. The van der Waals surface area contributed by atoms with Gasteiger partial charge in [-0.25, -0.2) is 0 Å². The number of nitrogens with zero attached hydrogens (tertiary/aromatic N) is 3. The predicted octanol–water partition coefficient (Wildman–Crippen LogP) is 2.91. The zero-order chi connectivity index (χ0) is 14.5. The van der Waals surface area contributed by atoms with Crippen LogP contribution in [0, 0.1) is 0 Å². The molecule has 0 saturated heterocycles. The van der Waals surface area contributed by atoms with Crippen molar-refractivity contribution in [3.05, 3.63) is 35.9 Å². The molecule has 0 spiro atoms. The third kappa shape index (κ3) is 3.94. The number of aliphatic carboxylic acids is 1. The second-order valence-corrected chi connectivity index (χ2v) is 6.77. The summed E-state index contributed by atoms with van der Waals surface area (Å²) in [5.41, 5.74) is 0.988. The standard InChI is InChI=1S/C13H15N3O2S2/c1-16(2)12-14-15-13(20-12)19-10(8-11(17)18)9-6-4-3-5-7-9/h3-7,10H,8H2,1-2H3,(H,17,18). The lowest BCUT2D eigenvalue weighted by Gasteiger charge is -2.12. The molecule has 0 radical (unpaired) electrons. The van der Waals surface area contributed by atoms with E-state index in [1.54, 1.807) is 0 Å². The van der Waals surface area contributed by atoms with Gasteiger partial charge in [-0.2, -0.15) is 0 Å². The first-order chi connectivity index (χ1) is 9.56. The topological polar surface area (TPSA) is 66.3 Å². The van der Waals surface area contributed by atoms with E-state index in [0.717, 1.165) is 15.0 Å². The van der Waals surface area contributed by atoms with Crippen molar-refractivity contribution in [1.29, 1.82) is 0 Å². The molecule has 7 heteroatoms. The fourth-order valence-electron chi connectivity index (χ4n) is 1.61. The molecule has 0 bridgehead atoms. The number of anilines is 1. The van der Waals surface area contributed by atoms with Gasteiger partial charge in [0.25, 0.3) is 0 Å². The van der Waals surface area contributed by atoms with E-state index in [9.17, 15) is 4.79 Å². The lowest BCUT2D eigenvalue weighted by Crippen LogP contribution is -2.07. The highest BCUT2D eigenvalue weighted by Crippen LogP contribution is 2.40. The number of aromatic nitrogens is 2. The smallest absolute Gasteiger partial charge is 0.304 e. The summed E-state index contributed by atoms with van der Waals surface area (Å²) in [6.07, 6.45) is 0.0611. The zero-order valence-electron chi connectivity index (χ0n) is 11.2. The SMILES string of the molecule is CN(C)c1nnc(SC(CC(=O)O)c2ccccc2)s1. The Morgan fingerprint density at radius 3 is 2.60 bits per heavy atom. The van der Waals surface area contributed by atoms with Crippen molar-refractivity contribution >= 4 is 34.2 Å². The number of rotatable bonds is 6. The summed E-state index contributed by atoms with van der Waals surface area (Å²) >= 11 is 2.91. The van der Waals surface area contributed by atoms with Gasteiger partial charge in [-0.3, -0.25) is 4.79 Å². The van der Waals surface area contributed by atoms with E-state index in [0.29, 0.717) is 0 Å². The number of benzene rings is 1.